The summed E-state index contributed by atoms with van der Waals surface area (Å²) >= 11 is 0. The van der Waals surface area contributed by atoms with E-state index in [0.717, 1.165) is 22.4 Å². The molecular formula is C21H17N3O2. The fourth-order valence-corrected chi connectivity index (χ4v) is 2.78. The molecule has 0 aliphatic heterocycles. The maximum atomic E-state index is 12.5. The fourth-order valence-electron chi connectivity index (χ4n) is 2.78. The number of anilines is 1. The van der Waals surface area contributed by atoms with E-state index < -0.39 is 0 Å². The van der Waals surface area contributed by atoms with Gasteiger partial charge in [-0.05, 0) is 36.4 Å². The quantitative estimate of drug-likeness (QED) is 0.574. The normalized spacial score (nSPS) is 10.7. The van der Waals surface area contributed by atoms with E-state index in [1.54, 1.807) is 31.4 Å². The summed E-state index contributed by atoms with van der Waals surface area (Å²) in [5.74, 6) is 1.26. The predicted molar refractivity (Wildman–Crippen MR) is 102 cm³/mol. The van der Waals surface area contributed by atoms with Crippen molar-refractivity contribution in [3.63, 3.8) is 0 Å². The molecule has 26 heavy (non-hydrogen) atoms. The van der Waals surface area contributed by atoms with Crippen LogP contribution in [0.5, 0.6) is 5.75 Å². The molecule has 1 heterocycles. The molecule has 3 aromatic carbocycles. The number of amides is 1. The lowest BCUT2D eigenvalue weighted by Crippen LogP contribution is -2.11. The van der Waals surface area contributed by atoms with Crippen LogP contribution in [0.15, 0.2) is 72.8 Å². The summed E-state index contributed by atoms with van der Waals surface area (Å²) in [5, 5.41) is 2.90. The molecule has 0 aliphatic carbocycles. The van der Waals surface area contributed by atoms with Crippen molar-refractivity contribution >= 4 is 22.6 Å². The average Bonchev–Trinajstić information content (AvgIpc) is 3.12. The van der Waals surface area contributed by atoms with Gasteiger partial charge in [0.1, 0.15) is 11.6 Å². The first-order chi connectivity index (χ1) is 12.7. The Balaban J connectivity index is 1.60. The number of carbonyl (C=O) groups is 1. The summed E-state index contributed by atoms with van der Waals surface area (Å²) in [6, 6.07) is 22.6. The molecule has 0 saturated heterocycles. The van der Waals surface area contributed by atoms with Gasteiger partial charge in [0, 0.05) is 16.8 Å². The van der Waals surface area contributed by atoms with Gasteiger partial charge < -0.3 is 15.0 Å². The number of H-pyrrole nitrogens is 1. The van der Waals surface area contributed by atoms with E-state index in [1.165, 1.54) is 0 Å². The van der Waals surface area contributed by atoms with Gasteiger partial charge in [-0.3, -0.25) is 4.79 Å². The zero-order valence-corrected chi connectivity index (χ0v) is 14.2. The maximum Gasteiger partial charge on any atom is 0.255 e. The van der Waals surface area contributed by atoms with Crippen molar-refractivity contribution in [2.75, 3.05) is 12.4 Å². The number of ether oxygens (including phenoxy) is 1. The van der Waals surface area contributed by atoms with E-state index in [2.05, 4.69) is 15.3 Å². The highest BCUT2D eigenvalue weighted by Crippen LogP contribution is 2.23. The van der Waals surface area contributed by atoms with E-state index in [0.29, 0.717) is 17.0 Å². The van der Waals surface area contributed by atoms with Gasteiger partial charge in [-0.15, -0.1) is 0 Å². The number of nitrogens with one attached hydrogen (secondary N) is 2. The molecule has 5 nitrogen and oxygen atoms in total. The highest BCUT2D eigenvalue weighted by molar-refractivity contribution is 6.05. The van der Waals surface area contributed by atoms with Crippen molar-refractivity contribution in [2.45, 2.75) is 0 Å². The number of methoxy groups -OCH3 is 1. The Bertz CT molecular complexity index is 1070. The van der Waals surface area contributed by atoms with Crippen LogP contribution < -0.4 is 10.1 Å². The molecular weight excluding hydrogens is 326 g/mol. The third-order valence-electron chi connectivity index (χ3n) is 4.12. The molecule has 0 saturated carbocycles. The number of fused-ring (bicyclic) bond motifs is 1. The monoisotopic (exact) mass is 343 g/mol. The molecule has 1 amide bonds. The van der Waals surface area contributed by atoms with Crippen molar-refractivity contribution in [3.05, 3.63) is 78.4 Å². The SMILES string of the molecule is COc1cccc(C(=O)Nc2ccc3[nH]c(-c4ccccc4)nc3c2)c1. The van der Waals surface area contributed by atoms with Crippen LogP contribution in [-0.2, 0) is 0 Å². The van der Waals surface area contributed by atoms with Crippen molar-refractivity contribution in [3.8, 4) is 17.1 Å². The molecule has 0 unspecified atom stereocenters. The van der Waals surface area contributed by atoms with Crippen LogP contribution in [0.25, 0.3) is 22.4 Å². The zero-order chi connectivity index (χ0) is 17.9. The second-order valence-electron chi connectivity index (χ2n) is 5.87. The minimum absolute atomic E-state index is 0.193. The molecule has 128 valence electrons. The molecule has 5 heteroatoms. The summed E-state index contributed by atoms with van der Waals surface area (Å²) in [4.78, 5) is 20.4. The van der Waals surface area contributed by atoms with Gasteiger partial charge in [-0.1, -0.05) is 36.4 Å². The van der Waals surface area contributed by atoms with E-state index in [1.807, 2.05) is 48.5 Å². The predicted octanol–water partition coefficient (Wildman–Crippen LogP) is 4.49. The number of aromatic amines is 1. The first kappa shape index (κ1) is 15.9. The van der Waals surface area contributed by atoms with Gasteiger partial charge in [0.25, 0.3) is 5.91 Å². The third-order valence-corrected chi connectivity index (χ3v) is 4.12. The standard InChI is InChI=1S/C21H17N3O2/c1-26-17-9-5-8-15(12-17)21(25)22-16-10-11-18-19(13-16)24-20(23-18)14-6-3-2-4-7-14/h2-13H,1H3,(H,22,25)(H,23,24). The molecule has 0 fully saturated rings. The van der Waals surface area contributed by atoms with Crippen molar-refractivity contribution in [2.24, 2.45) is 0 Å². The number of aromatic nitrogens is 2. The van der Waals surface area contributed by atoms with Gasteiger partial charge >= 0.3 is 0 Å². The van der Waals surface area contributed by atoms with Crippen LogP contribution in [0.4, 0.5) is 5.69 Å². The van der Waals surface area contributed by atoms with Crippen LogP contribution in [-0.4, -0.2) is 23.0 Å². The number of rotatable bonds is 4. The first-order valence-electron chi connectivity index (χ1n) is 8.23. The Labute approximate surface area is 150 Å². The van der Waals surface area contributed by atoms with E-state index in [4.69, 9.17) is 4.74 Å². The number of nitrogens with zero attached hydrogens (tertiary/aromatic N) is 1. The lowest BCUT2D eigenvalue weighted by atomic mass is 10.2. The third kappa shape index (κ3) is 3.15. The van der Waals surface area contributed by atoms with Gasteiger partial charge in [-0.2, -0.15) is 0 Å². The maximum absolute atomic E-state index is 12.5. The lowest BCUT2D eigenvalue weighted by molar-refractivity contribution is 0.102. The summed E-state index contributed by atoms with van der Waals surface area (Å²) in [5.41, 5.74) is 3.97. The smallest absolute Gasteiger partial charge is 0.255 e. The Kier molecular flexibility index (Phi) is 4.11. The van der Waals surface area contributed by atoms with Crippen LogP contribution in [0.1, 0.15) is 10.4 Å². The summed E-state index contributed by atoms with van der Waals surface area (Å²) in [6.07, 6.45) is 0. The first-order valence-corrected chi connectivity index (χ1v) is 8.23. The molecule has 4 aromatic rings. The molecule has 0 aliphatic rings. The molecule has 0 spiro atoms. The Morgan fingerprint density at radius 2 is 1.85 bits per heavy atom. The highest BCUT2D eigenvalue weighted by atomic mass is 16.5. The minimum atomic E-state index is -0.193. The van der Waals surface area contributed by atoms with E-state index >= 15 is 0 Å². The van der Waals surface area contributed by atoms with Crippen molar-refractivity contribution in [1.82, 2.24) is 9.97 Å². The Morgan fingerprint density at radius 1 is 1.00 bits per heavy atom. The van der Waals surface area contributed by atoms with Gasteiger partial charge in [0.2, 0.25) is 0 Å². The molecule has 0 bridgehead atoms. The second-order valence-corrected chi connectivity index (χ2v) is 5.87. The van der Waals surface area contributed by atoms with Gasteiger partial charge in [0.05, 0.1) is 18.1 Å². The van der Waals surface area contributed by atoms with Crippen molar-refractivity contribution < 1.29 is 9.53 Å². The van der Waals surface area contributed by atoms with Gasteiger partial charge in [-0.25, -0.2) is 4.98 Å². The van der Waals surface area contributed by atoms with Gasteiger partial charge in [0.15, 0.2) is 0 Å². The molecule has 1 aromatic heterocycles. The lowest BCUT2D eigenvalue weighted by Gasteiger charge is -2.06. The summed E-state index contributed by atoms with van der Waals surface area (Å²) in [6.45, 7) is 0. The zero-order valence-electron chi connectivity index (χ0n) is 14.2. The fraction of sp³-hybridized carbons (Fsp3) is 0.0476. The molecule has 4 rings (SSSR count). The Morgan fingerprint density at radius 3 is 2.65 bits per heavy atom. The molecule has 0 radical (unpaired) electrons. The number of benzene rings is 3. The van der Waals surface area contributed by atoms with Crippen LogP contribution in [0, 0.1) is 0 Å². The van der Waals surface area contributed by atoms with Crippen LogP contribution >= 0.6 is 0 Å². The average molecular weight is 343 g/mol. The second kappa shape index (κ2) is 6.72. The summed E-state index contributed by atoms with van der Waals surface area (Å²) < 4.78 is 5.16. The van der Waals surface area contributed by atoms with Crippen molar-refractivity contribution in [1.29, 1.82) is 0 Å². The number of hydrogen-bond acceptors (Lipinski definition) is 3. The van der Waals surface area contributed by atoms with E-state index in [9.17, 15) is 4.79 Å². The number of carbonyl (C=O) groups excluding carboxylic acids is 1. The van der Waals surface area contributed by atoms with Crippen LogP contribution in [0.2, 0.25) is 0 Å². The molecule has 2 N–H and O–H groups in total. The Hall–Kier alpha value is -3.60. The topological polar surface area (TPSA) is 67.0 Å². The summed E-state index contributed by atoms with van der Waals surface area (Å²) in [7, 11) is 1.58. The van der Waals surface area contributed by atoms with E-state index in [-0.39, 0.29) is 5.91 Å². The minimum Gasteiger partial charge on any atom is -0.497 e. The highest BCUT2D eigenvalue weighted by Gasteiger charge is 2.09. The number of hydrogen-bond donors (Lipinski definition) is 2. The number of imidazole rings is 1. The largest absolute Gasteiger partial charge is 0.497 e. The molecule has 0 atom stereocenters. The van der Waals surface area contributed by atoms with Crippen LogP contribution in [0.3, 0.4) is 0 Å².